The molecule has 0 radical (unpaired) electrons. The van der Waals surface area contributed by atoms with Crippen molar-refractivity contribution in [3.8, 4) is 0 Å². The van der Waals surface area contributed by atoms with Crippen molar-refractivity contribution in [1.29, 1.82) is 0 Å². The summed E-state index contributed by atoms with van der Waals surface area (Å²) in [6.07, 6.45) is -0.105. The Morgan fingerprint density at radius 3 is 2.58 bits per heavy atom. The zero-order valence-electron chi connectivity index (χ0n) is 10.3. The highest BCUT2D eigenvalue weighted by molar-refractivity contribution is 6.42. The van der Waals surface area contributed by atoms with Crippen LogP contribution in [-0.2, 0) is 11.3 Å². The van der Waals surface area contributed by atoms with Gasteiger partial charge in [-0.2, -0.15) is 0 Å². The van der Waals surface area contributed by atoms with E-state index >= 15 is 0 Å². The van der Waals surface area contributed by atoms with Crippen molar-refractivity contribution < 1.29 is 14.7 Å². The minimum atomic E-state index is -0.951. The normalized spacial score (nSPS) is 10.1. The molecule has 0 aromatic heterocycles. The van der Waals surface area contributed by atoms with Crippen LogP contribution >= 0.6 is 23.2 Å². The van der Waals surface area contributed by atoms with Gasteiger partial charge in [0.2, 0.25) is 0 Å². The first-order valence-corrected chi connectivity index (χ1v) is 6.30. The lowest BCUT2D eigenvalue weighted by molar-refractivity contribution is -0.136. The number of carbonyl (C=O) groups is 2. The average molecular weight is 305 g/mol. The van der Waals surface area contributed by atoms with Crippen molar-refractivity contribution in [3.63, 3.8) is 0 Å². The van der Waals surface area contributed by atoms with Crippen LogP contribution in [-0.4, -0.2) is 35.6 Å². The summed E-state index contributed by atoms with van der Waals surface area (Å²) >= 11 is 11.7. The van der Waals surface area contributed by atoms with Gasteiger partial charge in [-0.25, -0.2) is 4.79 Å². The third-order valence-electron chi connectivity index (χ3n) is 2.37. The SMILES string of the molecule is CN(Cc1ccc(Cl)c(Cl)c1)C(=O)NCCC(=O)O. The number of hydrogen-bond donors (Lipinski definition) is 2. The summed E-state index contributed by atoms with van der Waals surface area (Å²) in [5, 5.41) is 11.9. The highest BCUT2D eigenvalue weighted by atomic mass is 35.5. The van der Waals surface area contributed by atoms with Crippen LogP contribution in [0.15, 0.2) is 18.2 Å². The highest BCUT2D eigenvalue weighted by Gasteiger charge is 2.10. The van der Waals surface area contributed by atoms with Crippen LogP contribution in [0.5, 0.6) is 0 Å². The number of benzene rings is 1. The molecular weight excluding hydrogens is 291 g/mol. The number of carboxylic acids is 1. The smallest absolute Gasteiger partial charge is 0.317 e. The van der Waals surface area contributed by atoms with E-state index in [0.717, 1.165) is 5.56 Å². The summed E-state index contributed by atoms with van der Waals surface area (Å²) in [6.45, 7) is 0.454. The van der Waals surface area contributed by atoms with E-state index < -0.39 is 5.97 Å². The number of aliphatic carboxylic acids is 1. The third kappa shape index (κ3) is 5.36. The van der Waals surface area contributed by atoms with Crippen LogP contribution in [0.1, 0.15) is 12.0 Å². The fourth-order valence-electron chi connectivity index (χ4n) is 1.39. The molecule has 2 amide bonds. The van der Waals surface area contributed by atoms with Crippen LogP contribution in [0, 0.1) is 0 Å². The van der Waals surface area contributed by atoms with Crippen molar-refractivity contribution in [2.75, 3.05) is 13.6 Å². The predicted molar refractivity (Wildman–Crippen MR) is 73.6 cm³/mol. The van der Waals surface area contributed by atoms with Crippen LogP contribution in [0.25, 0.3) is 0 Å². The van der Waals surface area contributed by atoms with E-state index in [0.29, 0.717) is 16.6 Å². The molecule has 0 saturated heterocycles. The molecule has 0 aliphatic rings. The molecule has 0 spiro atoms. The molecule has 0 saturated carbocycles. The van der Waals surface area contributed by atoms with Gasteiger partial charge in [0.15, 0.2) is 0 Å². The fraction of sp³-hybridized carbons (Fsp3) is 0.333. The summed E-state index contributed by atoms with van der Waals surface area (Å²) in [5.74, 6) is -0.951. The molecule has 0 fully saturated rings. The molecule has 5 nitrogen and oxygen atoms in total. The van der Waals surface area contributed by atoms with E-state index in [1.54, 1.807) is 25.2 Å². The number of carboxylic acid groups (broad SMARTS) is 1. The molecule has 19 heavy (non-hydrogen) atoms. The van der Waals surface area contributed by atoms with Gasteiger partial charge in [0.25, 0.3) is 0 Å². The van der Waals surface area contributed by atoms with Crippen molar-refractivity contribution in [3.05, 3.63) is 33.8 Å². The van der Waals surface area contributed by atoms with Crippen LogP contribution in [0.4, 0.5) is 4.79 Å². The minimum Gasteiger partial charge on any atom is -0.481 e. The lowest BCUT2D eigenvalue weighted by Crippen LogP contribution is -2.37. The molecule has 0 unspecified atom stereocenters. The number of nitrogens with one attached hydrogen (secondary N) is 1. The minimum absolute atomic E-state index is 0.0971. The average Bonchev–Trinajstić information content (AvgIpc) is 2.33. The fourth-order valence-corrected chi connectivity index (χ4v) is 1.72. The molecular formula is C12H14Cl2N2O3. The lowest BCUT2D eigenvalue weighted by Gasteiger charge is -2.18. The summed E-state index contributed by atoms with van der Waals surface area (Å²) in [7, 11) is 1.61. The van der Waals surface area contributed by atoms with E-state index in [2.05, 4.69) is 5.32 Å². The Balaban J connectivity index is 2.49. The second-order valence-corrected chi connectivity index (χ2v) is 4.79. The molecule has 1 rings (SSSR count). The Labute approximate surface area is 121 Å². The van der Waals surface area contributed by atoms with E-state index in [-0.39, 0.29) is 19.0 Å². The zero-order chi connectivity index (χ0) is 14.4. The van der Waals surface area contributed by atoms with Gasteiger partial charge in [-0.1, -0.05) is 29.3 Å². The maximum absolute atomic E-state index is 11.6. The zero-order valence-corrected chi connectivity index (χ0v) is 11.8. The maximum atomic E-state index is 11.6. The molecule has 1 aromatic carbocycles. The van der Waals surface area contributed by atoms with Crippen LogP contribution < -0.4 is 5.32 Å². The second-order valence-electron chi connectivity index (χ2n) is 3.98. The first kappa shape index (κ1) is 15.6. The van der Waals surface area contributed by atoms with Gasteiger partial charge in [-0.3, -0.25) is 4.79 Å². The standard InChI is InChI=1S/C12H14Cl2N2O3/c1-16(12(19)15-5-4-11(17)18)7-8-2-3-9(13)10(14)6-8/h2-3,6H,4-5,7H2,1H3,(H,15,19)(H,17,18). The van der Waals surface area contributed by atoms with Crippen LogP contribution in [0.2, 0.25) is 10.0 Å². The molecule has 1 aromatic rings. The summed E-state index contributed by atoms with van der Waals surface area (Å²) in [6, 6.07) is 4.78. The number of halogens is 2. The van der Waals surface area contributed by atoms with E-state index in [4.69, 9.17) is 28.3 Å². The van der Waals surface area contributed by atoms with Gasteiger partial charge in [0.1, 0.15) is 0 Å². The van der Waals surface area contributed by atoms with Gasteiger partial charge in [0.05, 0.1) is 16.5 Å². The topological polar surface area (TPSA) is 69.6 Å². The van der Waals surface area contributed by atoms with Gasteiger partial charge < -0.3 is 15.3 Å². The van der Waals surface area contributed by atoms with E-state index in [1.807, 2.05) is 0 Å². The number of urea groups is 1. The highest BCUT2D eigenvalue weighted by Crippen LogP contribution is 2.23. The Hall–Kier alpha value is -1.46. The maximum Gasteiger partial charge on any atom is 0.317 e. The summed E-state index contributed by atoms with van der Waals surface area (Å²) in [4.78, 5) is 23.4. The predicted octanol–water partition coefficient (Wildman–Crippen LogP) is 2.61. The van der Waals surface area contributed by atoms with E-state index in [1.165, 1.54) is 4.90 Å². The Bertz CT molecular complexity index is 480. The second kappa shape index (κ2) is 7.21. The molecule has 7 heteroatoms. The molecule has 0 bridgehead atoms. The monoisotopic (exact) mass is 304 g/mol. The van der Waals surface area contributed by atoms with Crippen molar-refractivity contribution >= 4 is 35.2 Å². The van der Waals surface area contributed by atoms with Gasteiger partial charge in [-0.05, 0) is 17.7 Å². The third-order valence-corrected chi connectivity index (χ3v) is 3.10. The van der Waals surface area contributed by atoms with Crippen molar-refractivity contribution in [2.45, 2.75) is 13.0 Å². The molecule has 0 heterocycles. The number of carbonyl (C=O) groups excluding carboxylic acids is 1. The molecule has 2 N–H and O–H groups in total. The number of rotatable bonds is 5. The number of nitrogens with zero attached hydrogens (tertiary/aromatic N) is 1. The van der Waals surface area contributed by atoms with Crippen molar-refractivity contribution in [1.82, 2.24) is 10.2 Å². The largest absolute Gasteiger partial charge is 0.481 e. The molecule has 0 aliphatic carbocycles. The Morgan fingerprint density at radius 1 is 1.32 bits per heavy atom. The molecule has 104 valence electrons. The van der Waals surface area contributed by atoms with Gasteiger partial charge >= 0.3 is 12.0 Å². The van der Waals surface area contributed by atoms with Gasteiger partial charge in [-0.15, -0.1) is 0 Å². The van der Waals surface area contributed by atoms with Crippen molar-refractivity contribution in [2.24, 2.45) is 0 Å². The molecule has 0 atom stereocenters. The Kier molecular flexibility index (Phi) is 5.92. The number of amides is 2. The molecule has 0 aliphatic heterocycles. The first-order valence-electron chi connectivity index (χ1n) is 5.55. The Morgan fingerprint density at radius 2 is 2.00 bits per heavy atom. The summed E-state index contributed by atoms with van der Waals surface area (Å²) < 4.78 is 0. The summed E-state index contributed by atoms with van der Waals surface area (Å²) in [5.41, 5.74) is 0.838. The quantitative estimate of drug-likeness (QED) is 0.878. The van der Waals surface area contributed by atoms with E-state index in [9.17, 15) is 9.59 Å². The number of hydrogen-bond acceptors (Lipinski definition) is 2. The van der Waals surface area contributed by atoms with Crippen LogP contribution in [0.3, 0.4) is 0 Å². The van der Waals surface area contributed by atoms with Gasteiger partial charge in [0, 0.05) is 20.1 Å². The first-order chi connectivity index (χ1) is 8.90. The lowest BCUT2D eigenvalue weighted by atomic mass is 10.2.